The van der Waals surface area contributed by atoms with Gasteiger partial charge in [-0.3, -0.25) is 4.90 Å². The molecule has 0 radical (unpaired) electrons. The van der Waals surface area contributed by atoms with E-state index in [-0.39, 0.29) is 0 Å². The minimum absolute atomic E-state index is 0.381. The Hall–Kier alpha value is -0.0800. The van der Waals surface area contributed by atoms with Crippen LogP contribution in [0.2, 0.25) is 0 Å². The molecule has 1 aliphatic heterocycles. The molecule has 0 bridgehead atoms. The number of piperidine rings is 1. The summed E-state index contributed by atoms with van der Waals surface area (Å²) in [4.78, 5) is 2.73. The molecule has 0 aromatic heterocycles. The van der Waals surface area contributed by atoms with Gasteiger partial charge in [0.2, 0.25) is 0 Å². The van der Waals surface area contributed by atoms with Gasteiger partial charge < -0.3 is 5.73 Å². The topological polar surface area (TPSA) is 29.3 Å². The van der Waals surface area contributed by atoms with Gasteiger partial charge in [0.1, 0.15) is 0 Å². The van der Waals surface area contributed by atoms with Gasteiger partial charge in [0.05, 0.1) is 0 Å². The van der Waals surface area contributed by atoms with Crippen molar-refractivity contribution < 1.29 is 0 Å². The first-order valence-corrected chi connectivity index (χ1v) is 8.06. The molecular weight excluding hydrogens is 220 g/mol. The molecule has 1 saturated heterocycles. The number of rotatable bonds is 5. The zero-order valence-electron chi connectivity index (χ0n) is 12.6. The van der Waals surface area contributed by atoms with E-state index in [4.69, 9.17) is 5.73 Å². The lowest BCUT2D eigenvalue weighted by Crippen LogP contribution is -2.63. The van der Waals surface area contributed by atoms with Crippen molar-refractivity contribution in [3.63, 3.8) is 0 Å². The van der Waals surface area contributed by atoms with Crippen molar-refractivity contribution in [1.29, 1.82) is 0 Å². The maximum absolute atomic E-state index is 6.11. The van der Waals surface area contributed by atoms with Gasteiger partial charge in [0, 0.05) is 12.1 Å². The van der Waals surface area contributed by atoms with Crippen molar-refractivity contribution in [2.45, 2.75) is 64.8 Å². The molecule has 2 N–H and O–H groups in total. The number of likely N-dealkylation sites (tertiary alicyclic amines) is 1. The van der Waals surface area contributed by atoms with Crippen LogP contribution in [0, 0.1) is 17.8 Å². The normalized spacial score (nSPS) is 34.8. The van der Waals surface area contributed by atoms with Crippen molar-refractivity contribution in [2.24, 2.45) is 23.5 Å². The number of nitrogens with zero attached hydrogens (tertiary/aromatic N) is 1. The first-order valence-electron chi connectivity index (χ1n) is 8.06. The molecule has 0 spiro atoms. The van der Waals surface area contributed by atoms with Crippen LogP contribution in [-0.4, -0.2) is 30.1 Å². The fourth-order valence-corrected chi connectivity index (χ4v) is 4.05. The van der Waals surface area contributed by atoms with Crippen molar-refractivity contribution in [1.82, 2.24) is 4.90 Å². The van der Waals surface area contributed by atoms with Gasteiger partial charge >= 0.3 is 0 Å². The summed E-state index contributed by atoms with van der Waals surface area (Å²) in [5.41, 5.74) is 6.49. The van der Waals surface area contributed by atoms with Crippen LogP contribution in [0.1, 0.15) is 59.3 Å². The van der Waals surface area contributed by atoms with Gasteiger partial charge in [-0.05, 0) is 56.5 Å². The van der Waals surface area contributed by atoms with E-state index in [1.54, 1.807) is 0 Å². The third-order valence-electron chi connectivity index (χ3n) is 5.59. The number of nitrogens with two attached hydrogens (primary N) is 1. The Balaban J connectivity index is 1.84. The molecule has 2 fully saturated rings. The molecule has 18 heavy (non-hydrogen) atoms. The van der Waals surface area contributed by atoms with Crippen molar-refractivity contribution in [3.8, 4) is 0 Å². The van der Waals surface area contributed by atoms with E-state index in [2.05, 4.69) is 25.7 Å². The van der Waals surface area contributed by atoms with Gasteiger partial charge in [0.15, 0.2) is 0 Å². The Morgan fingerprint density at radius 2 is 1.83 bits per heavy atom. The van der Waals surface area contributed by atoms with Gasteiger partial charge in [-0.15, -0.1) is 0 Å². The third-order valence-corrected chi connectivity index (χ3v) is 5.59. The Bertz CT molecular complexity index is 248. The fourth-order valence-electron chi connectivity index (χ4n) is 4.05. The van der Waals surface area contributed by atoms with Crippen LogP contribution in [0.4, 0.5) is 0 Å². The molecule has 106 valence electrons. The average molecular weight is 252 g/mol. The van der Waals surface area contributed by atoms with Crippen LogP contribution in [0.3, 0.4) is 0 Å². The van der Waals surface area contributed by atoms with Crippen LogP contribution in [0.15, 0.2) is 0 Å². The first-order chi connectivity index (χ1) is 8.61. The fraction of sp³-hybridized carbons (Fsp3) is 1.00. The second kappa shape index (κ2) is 5.92. The van der Waals surface area contributed by atoms with Crippen LogP contribution < -0.4 is 5.73 Å². The quantitative estimate of drug-likeness (QED) is 0.814. The highest BCUT2D eigenvalue weighted by molar-refractivity contribution is 5.04. The summed E-state index contributed by atoms with van der Waals surface area (Å²) in [6, 6.07) is 0. The predicted molar refractivity (Wildman–Crippen MR) is 78.6 cm³/mol. The average Bonchev–Trinajstić information content (AvgIpc) is 2.30. The highest BCUT2D eigenvalue weighted by Crippen LogP contribution is 2.46. The van der Waals surface area contributed by atoms with Crippen molar-refractivity contribution >= 4 is 0 Å². The van der Waals surface area contributed by atoms with E-state index < -0.39 is 0 Å². The third kappa shape index (κ3) is 2.75. The monoisotopic (exact) mass is 252 g/mol. The molecule has 0 aromatic carbocycles. The predicted octanol–water partition coefficient (Wildman–Crippen LogP) is 3.26. The zero-order valence-corrected chi connectivity index (χ0v) is 12.6. The van der Waals surface area contributed by atoms with E-state index in [0.717, 1.165) is 24.3 Å². The Labute approximate surface area is 113 Å². The summed E-state index contributed by atoms with van der Waals surface area (Å²) >= 11 is 0. The SMILES string of the molecule is CCCC1CCN(C2(CN)CC(C(C)C)C2)CC1. The maximum Gasteiger partial charge on any atom is 0.0337 e. The lowest BCUT2D eigenvalue weighted by molar-refractivity contribution is -0.0517. The maximum atomic E-state index is 6.11. The Morgan fingerprint density at radius 3 is 2.28 bits per heavy atom. The highest BCUT2D eigenvalue weighted by Gasteiger charge is 2.48. The molecule has 2 nitrogen and oxygen atoms in total. The Morgan fingerprint density at radius 1 is 1.22 bits per heavy atom. The molecular formula is C16H32N2. The summed E-state index contributed by atoms with van der Waals surface area (Å²) in [6.45, 7) is 10.5. The van der Waals surface area contributed by atoms with Crippen LogP contribution >= 0.6 is 0 Å². The van der Waals surface area contributed by atoms with Crippen LogP contribution in [-0.2, 0) is 0 Å². The van der Waals surface area contributed by atoms with E-state index in [9.17, 15) is 0 Å². The van der Waals surface area contributed by atoms with Gasteiger partial charge in [-0.1, -0.05) is 33.6 Å². The lowest BCUT2D eigenvalue weighted by Gasteiger charge is -2.57. The summed E-state index contributed by atoms with van der Waals surface area (Å²) in [5.74, 6) is 2.74. The van der Waals surface area contributed by atoms with Gasteiger partial charge in [-0.25, -0.2) is 0 Å². The zero-order chi connectivity index (χ0) is 13.2. The molecule has 0 atom stereocenters. The second-order valence-corrected chi connectivity index (χ2v) is 7.06. The second-order valence-electron chi connectivity index (χ2n) is 7.06. The summed E-state index contributed by atoms with van der Waals surface area (Å²) in [6.07, 6.45) is 8.28. The van der Waals surface area contributed by atoms with Gasteiger partial charge in [-0.2, -0.15) is 0 Å². The summed E-state index contributed by atoms with van der Waals surface area (Å²) in [5, 5.41) is 0. The molecule has 2 aliphatic rings. The lowest BCUT2D eigenvalue weighted by atomic mass is 9.62. The van der Waals surface area contributed by atoms with Crippen molar-refractivity contribution in [3.05, 3.63) is 0 Å². The molecule has 0 aromatic rings. The largest absolute Gasteiger partial charge is 0.329 e. The molecule has 1 heterocycles. The number of hydrogen-bond donors (Lipinski definition) is 1. The van der Waals surface area contributed by atoms with E-state index >= 15 is 0 Å². The minimum atomic E-state index is 0.381. The minimum Gasteiger partial charge on any atom is -0.329 e. The molecule has 2 rings (SSSR count). The van der Waals surface area contributed by atoms with Crippen LogP contribution in [0.5, 0.6) is 0 Å². The molecule has 0 unspecified atom stereocenters. The Kier molecular flexibility index (Phi) is 4.71. The molecule has 0 amide bonds. The van der Waals surface area contributed by atoms with E-state index in [1.165, 1.54) is 51.6 Å². The van der Waals surface area contributed by atoms with Gasteiger partial charge in [0.25, 0.3) is 0 Å². The first kappa shape index (κ1) is 14.3. The number of hydrogen-bond acceptors (Lipinski definition) is 2. The molecule has 2 heteroatoms. The molecule has 1 aliphatic carbocycles. The molecule has 1 saturated carbocycles. The highest BCUT2D eigenvalue weighted by atomic mass is 15.2. The summed E-state index contributed by atoms with van der Waals surface area (Å²) in [7, 11) is 0. The standard InChI is InChI=1S/C16H32N2/c1-4-5-14-6-8-18(9-7-14)16(12-17)10-15(11-16)13(2)3/h13-15H,4-12,17H2,1-3H3. The van der Waals surface area contributed by atoms with Crippen molar-refractivity contribution in [2.75, 3.05) is 19.6 Å². The summed E-state index contributed by atoms with van der Waals surface area (Å²) < 4.78 is 0. The smallest absolute Gasteiger partial charge is 0.0337 e. The van der Waals surface area contributed by atoms with E-state index in [0.29, 0.717) is 5.54 Å². The van der Waals surface area contributed by atoms with Crippen LogP contribution in [0.25, 0.3) is 0 Å². The van der Waals surface area contributed by atoms with E-state index in [1.807, 2.05) is 0 Å².